The highest BCUT2D eigenvalue weighted by Gasteiger charge is 2.30. The second-order valence-electron chi connectivity index (χ2n) is 5.72. The van der Waals surface area contributed by atoms with E-state index in [4.69, 9.17) is 9.26 Å². The summed E-state index contributed by atoms with van der Waals surface area (Å²) >= 11 is 0. The van der Waals surface area contributed by atoms with Gasteiger partial charge in [0.1, 0.15) is 23.2 Å². The number of anilines is 1. The number of rotatable bonds is 4. The minimum Gasteiger partial charge on any atom is -0.373 e. The van der Waals surface area contributed by atoms with Crippen molar-refractivity contribution < 1.29 is 14.1 Å². The van der Waals surface area contributed by atoms with Gasteiger partial charge in [-0.3, -0.25) is 4.79 Å². The Morgan fingerprint density at radius 2 is 2.29 bits per heavy atom. The maximum atomic E-state index is 12.9. The zero-order chi connectivity index (χ0) is 17.1. The minimum absolute atomic E-state index is 0.0522. The number of morpholine rings is 1. The van der Waals surface area contributed by atoms with Crippen LogP contribution in [-0.2, 0) is 11.2 Å². The molecule has 7 heteroatoms. The van der Waals surface area contributed by atoms with Crippen LogP contribution in [0.3, 0.4) is 0 Å². The van der Waals surface area contributed by atoms with Gasteiger partial charge in [0, 0.05) is 13.6 Å². The molecule has 0 bridgehead atoms. The van der Waals surface area contributed by atoms with Gasteiger partial charge in [-0.05, 0) is 25.5 Å². The molecular formula is C17H22N4O3. The van der Waals surface area contributed by atoms with Crippen LogP contribution >= 0.6 is 0 Å². The Morgan fingerprint density at radius 1 is 1.46 bits per heavy atom. The number of hydrogen-bond acceptors (Lipinski definition) is 6. The van der Waals surface area contributed by atoms with E-state index in [0.29, 0.717) is 43.1 Å². The molecular weight excluding hydrogens is 308 g/mol. The molecule has 7 nitrogen and oxygen atoms in total. The van der Waals surface area contributed by atoms with Gasteiger partial charge in [0.05, 0.1) is 24.5 Å². The van der Waals surface area contributed by atoms with E-state index < -0.39 is 0 Å². The van der Waals surface area contributed by atoms with E-state index in [1.165, 1.54) is 0 Å². The second-order valence-corrected chi connectivity index (χ2v) is 5.72. The van der Waals surface area contributed by atoms with Gasteiger partial charge in [-0.15, -0.1) is 0 Å². The lowest BCUT2D eigenvalue weighted by molar-refractivity contribution is -0.0247. The largest absolute Gasteiger partial charge is 0.373 e. The predicted molar refractivity (Wildman–Crippen MR) is 89.0 cm³/mol. The molecule has 1 aliphatic heterocycles. The Kier molecular flexibility index (Phi) is 4.80. The highest BCUT2D eigenvalue weighted by molar-refractivity contribution is 5.96. The number of carbonyl (C=O) groups excluding carboxylic acids is 1. The zero-order valence-corrected chi connectivity index (χ0v) is 14.2. The monoisotopic (exact) mass is 330 g/mol. The first-order valence-corrected chi connectivity index (χ1v) is 8.14. The number of aryl methyl sites for hydroxylation is 2. The van der Waals surface area contributed by atoms with Crippen LogP contribution in [0.15, 0.2) is 22.7 Å². The van der Waals surface area contributed by atoms with Gasteiger partial charge in [0.15, 0.2) is 0 Å². The lowest BCUT2D eigenvalue weighted by Gasteiger charge is -2.32. The van der Waals surface area contributed by atoms with Gasteiger partial charge in [-0.2, -0.15) is 0 Å². The second kappa shape index (κ2) is 7.00. The summed E-state index contributed by atoms with van der Waals surface area (Å²) in [6.07, 6.45) is 0.430. The van der Waals surface area contributed by atoms with E-state index >= 15 is 0 Å². The fourth-order valence-electron chi connectivity index (χ4n) is 2.87. The van der Waals surface area contributed by atoms with Crippen LogP contribution in [0.5, 0.6) is 0 Å². The maximum absolute atomic E-state index is 12.9. The van der Waals surface area contributed by atoms with Gasteiger partial charge < -0.3 is 19.5 Å². The molecule has 1 fully saturated rings. The summed E-state index contributed by atoms with van der Waals surface area (Å²) in [6, 6.07) is 5.74. The van der Waals surface area contributed by atoms with Gasteiger partial charge in [0.25, 0.3) is 5.91 Å². The van der Waals surface area contributed by atoms with Crippen molar-refractivity contribution >= 4 is 11.7 Å². The van der Waals surface area contributed by atoms with E-state index in [9.17, 15) is 4.79 Å². The molecule has 3 rings (SSSR count). The third-order valence-corrected chi connectivity index (χ3v) is 4.19. The molecule has 2 aromatic heterocycles. The molecule has 1 amide bonds. The van der Waals surface area contributed by atoms with Crippen molar-refractivity contribution in [3.05, 3.63) is 40.9 Å². The Hall–Kier alpha value is -2.41. The van der Waals surface area contributed by atoms with Crippen LogP contribution in [0.25, 0.3) is 0 Å². The standard InChI is InChI=1S/C17H22N4O3/c1-4-12-16(11(2)24-20-12)17(22)21-8-9-23-14(10-21)13-6-5-7-15(18-3)19-13/h5-7,14H,4,8-10H2,1-3H3,(H,18,19). The van der Waals surface area contributed by atoms with Gasteiger partial charge in [-0.25, -0.2) is 4.98 Å². The van der Waals surface area contributed by atoms with E-state index in [-0.39, 0.29) is 12.0 Å². The molecule has 1 aliphatic rings. The van der Waals surface area contributed by atoms with Crippen molar-refractivity contribution in [2.45, 2.75) is 26.4 Å². The smallest absolute Gasteiger partial charge is 0.259 e. The summed E-state index contributed by atoms with van der Waals surface area (Å²) in [5.74, 6) is 1.29. The van der Waals surface area contributed by atoms with E-state index in [1.807, 2.05) is 32.2 Å². The number of pyridine rings is 1. The maximum Gasteiger partial charge on any atom is 0.259 e. The molecule has 128 valence electrons. The molecule has 1 N–H and O–H groups in total. The Balaban J connectivity index is 1.80. The molecule has 3 heterocycles. The van der Waals surface area contributed by atoms with Crippen LogP contribution < -0.4 is 5.32 Å². The summed E-state index contributed by atoms with van der Waals surface area (Å²) in [7, 11) is 1.82. The third-order valence-electron chi connectivity index (χ3n) is 4.19. The number of amides is 1. The molecule has 1 atom stereocenters. The van der Waals surface area contributed by atoms with Gasteiger partial charge in [-0.1, -0.05) is 18.1 Å². The quantitative estimate of drug-likeness (QED) is 0.925. The summed E-state index contributed by atoms with van der Waals surface area (Å²) in [5, 5.41) is 6.99. The van der Waals surface area contributed by atoms with Crippen molar-refractivity contribution in [1.82, 2.24) is 15.0 Å². The zero-order valence-electron chi connectivity index (χ0n) is 14.2. The first kappa shape index (κ1) is 16.4. The molecule has 0 radical (unpaired) electrons. The summed E-state index contributed by atoms with van der Waals surface area (Å²) in [6.45, 7) is 5.23. The van der Waals surface area contributed by atoms with Crippen molar-refractivity contribution in [1.29, 1.82) is 0 Å². The first-order valence-electron chi connectivity index (χ1n) is 8.14. The average molecular weight is 330 g/mol. The minimum atomic E-state index is -0.235. The van der Waals surface area contributed by atoms with E-state index in [2.05, 4.69) is 15.5 Å². The fraction of sp³-hybridized carbons (Fsp3) is 0.471. The molecule has 1 saturated heterocycles. The van der Waals surface area contributed by atoms with Crippen molar-refractivity contribution in [3.8, 4) is 0 Å². The number of nitrogens with one attached hydrogen (secondary N) is 1. The number of carbonyl (C=O) groups is 1. The van der Waals surface area contributed by atoms with Crippen LogP contribution in [0.2, 0.25) is 0 Å². The van der Waals surface area contributed by atoms with E-state index in [0.717, 1.165) is 11.5 Å². The molecule has 0 spiro atoms. The molecule has 24 heavy (non-hydrogen) atoms. The van der Waals surface area contributed by atoms with Crippen LogP contribution in [0.1, 0.15) is 40.5 Å². The number of hydrogen-bond donors (Lipinski definition) is 1. The lowest BCUT2D eigenvalue weighted by Crippen LogP contribution is -2.42. The highest BCUT2D eigenvalue weighted by Crippen LogP contribution is 2.24. The summed E-state index contributed by atoms with van der Waals surface area (Å²) < 4.78 is 11.0. The number of nitrogens with zero attached hydrogens (tertiary/aromatic N) is 3. The number of aromatic nitrogens is 2. The van der Waals surface area contributed by atoms with Gasteiger partial charge in [0.2, 0.25) is 0 Å². The topological polar surface area (TPSA) is 80.5 Å². The molecule has 1 unspecified atom stereocenters. The van der Waals surface area contributed by atoms with E-state index in [1.54, 1.807) is 11.8 Å². The number of ether oxygens (including phenoxy) is 1. The van der Waals surface area contributed by atoms with Crippen LogP contribution in [0, 0.1) is 6.92 Å². The average Bonchev–Trinajstić information content (AvgIpc) is 3.02. The highest BCUT2D eigenvalue weighted by atomic mass is 16.5. The molecule has 0 saturated carbocycles. The lowest BCUT2D eigenvalue weighted by atomic mass is 10.1. The SMILES string of the molecule is CCc1noc(C)c1C(=O)N1CCOC(c2cccc(NC)n2)C1. The van der Waals surface area contributed by atoms with Gasteiger partial charge >= 0.3 is 0 Å². The van der Waals surface area contributed by atoms with Crippen molar-refractivity contribution in [3.63, 3.8) is 0 Å². The van der Waals surface area contributed by atoms with Crippen LogP contribution in [-0.4, -0.2) is 47.7 Å². The van der Waals surface area contributed by atoms with Crippen molar-refractivity contribution in [2.75, 3.05) is 32.1 Å². The Morgan fingerprint density at radius 3 is 3.04 bits per heavy atom. The first-order chi connectivity index (χ1) is 11.6. The fourth-order valence-corrected chi connectivity index (χ4v) is 2.87. The predicted octanol–water partition coefficient (Wildman–Crippen LogP) is 2.20. The third kappa shape index (κ3) is 3.12. The van der Waals surface area contributed by atoms with Crippen molar-refractivity contribution in [2.24, 2.45) is 0 Å². The normalized spacial score (nSPS) is 17.8. The summed E-state index contributed by atoms with van der Waals surface area (Å²) in [5.41, 5.74) is 2.10. The van der Waals surface area contributed by atoms with Crippen LogP contribution in [0.4, 0.5) is 5.82 Å². The molecule has 2 aromatic rings. The molecule has 0 aromatic carbocycles. The Bertz CT molecular complexity index is 728. The molecule has 0 aliphatic carbocycles. The Labute approximate surface area is 141 Å². The summed E-state index contributed by atoms with van der Waals surface area (Å²) in [4.78, 5) is 19.2.